The third kappa shape index (κ3) is 1.60. The summed E-state index contributed by atoms with van der Waals surface area (Å²) in [5, 5.41) is 3.07. The van der Waals surface area contributed by atoms with E-state index in [9.17, 15) is 4.39 Å². The van der Waals surface area contributed by atoms with Gasteiger partial charge in [0, 0.05) is 17.8 Å². The van der Waals surface area contributed by atoms with Gasteiger partial charge < -0.3 is 11.1 Å². The first kappa shape index (κ1) is 9.46. The molecule has 1 aliphatic rings. The van der Waals surface area contributed by atoms with Crippen LogP contribution in [0.3, 0.4) is 0 Å². The van der Waals surface area contributed by atoms with E-state index >= 15 is 0 Å². The highest BCUT2D eigenvalue weighted by atomic mass is 19.1. The molecule has 76 valence electrons. The number of rotatable bonds is 1. The maximum absolute atomic E-state index is 14.4. The molecule has 1 unspecified atom stereocenters. The van der Waals surface area contributed by atoms with Gasteiger partial charge in [0.05, 0.1) is 0 Å². The molecule has 0 aromatic heterocycles. The van der Waals surface area contributed by atoms with Gasteiger partial charge in [-0.25, -0.2) is 4.39 Å². The van der Waals surface area contributed by atoms with Crippen molar-refractivity contribution < 1.29 is 4.39 Å². The number of nitrogens with one attached hydrogen (secondary N) is 1. The van der Waals surface area contributed by atoms with E-state index in [-0.39, 0.29) is 0 Å². The molecule has 1 atom stereocenters. The summed E-state index contributed by atoms with van der Waals surface area (Å²) in [7, 11) is 0. The highest BCUT2D eigenvalue weighted by molar-refractivity contribution is 5.50. The van der Waals surface area contributed by atoms with E-state index < -0.39 is 5.67 Å². The Morgan fingerprint density at radius 1 is 1.36 bits per heavy atom. The minimum absolute atomic E-state index is 0.376. The molecule has 0 saturated carbocycles. The molecule has 0 aliphatic carbocycles. The summed E-state index contributed by atoms with van der Waals surface area (Å²) >= 11 is 0. The highest BCUT2D eigenvalue weighted by Crippen LogP contribution is 2.35. The van der Waals surface area contributed by atoms with E-state index in [0.29, 0.717) is 24.2 Å². The number of benzene rings is 1. The molecule has 1 aromatic rings. The molecule has 1 aliphatic heterocycles. The minimum Gasteiger partial charge on any atom is -0.398 e. The Balaban J connectivity index is 2.32. The van der Waals surface area contributed by atoms with Crippen LogP contribution in [0.5, 0.6) is 0 Å². The number of piperidine rings is 1. The summed E-state index contributed by atoms with van der Waals surface area (Å²) < 4.78 is 14.4. The topological polar surface area (TPSA) is 38.0 Å². The van der Waals surface area contributed by atoms with Crippen molar-refractivity contribution in [2.24, 2.45) is 0 Å². The SMILES string of the molecule is Nc1ccccc1C1(F)CCCNC1. The quantitative estimate of drug-likeness (QED) is 0.669. The number of halogens is 1. The Kier molecular flexibility index (Phi) is 2.42. The lowest BCUT2D eigenvalue weighted by Gasteiger charge is -2.31. The Hall–Kier alpha value is -1.09. The Bertz CT molecular complexity index is 319. The maximum Gasteiger partial charge on any atom is 0.150 e. The molecular weight excluding hydrogens is 179 g/mol. The zero-order valence-electron chi connectivity index (χ0n) is 8.09. The fourth-order valence-corrected chi connectivity index (χ4v) is 2.00. The van der Waals surface area contributed by atoms with Crippen LogP contribution in [0.4, 0.5) is 10.1 Å². The van der Waals surface area contributed by atoms with Crippen LogP contribution in [-0.2, 0) is 5.67 Å². The van der Waals surface area contributed by atoms with Gasteiger partial charge in [-0.2, -0.15) is 0 Å². The summed E-state index contributed by atoms with van der Waals surface area (Å²) in [4.78, 5) is 0. The predicted octanol–water partition coefficient (Wildman–Crippen LogP) is 1.82. The molecule has 1 heterocycles. The van der Waals surface area contributed by atoms with Gasteiger partial charge in [-0.3, -0.25) is 0 Å². The van der Waals surface area contributed by atoms with Crippen LogP contribution in [0.2, 0.25) is 0 Å². The summed E-state index contributed by atoms with van der Waals surface area (Å²) in [5.74, 6) is 0. The third-order valence-corrected chi connectivity index (χ3v) is 2.78. The van der Waals surface area contributed by atoms with Crippen molar-refractivity contribution in [2.75, 3.05) is 18.8 Å². The van der Waals surface area contributed by atoms with Gasteiger partial charge >= 0.3 is 0 Å². The van der Waals surface area contributed by atoms with Crippen molar-refractivity contribution in [1.29, 1.82) is 0 Å². The summed E-state index contributed by atoms with van der Waals surface area (Å²) in [5.41, 5.74) is 5.68. The van der Waals surface area contributed by atoms with Gasteiger partial charge in [0.25, 0.3) is 0 Å². The second-order valence-electron chi connectivity index (χ2n) is 3.83. The molecular formula is C11H15FN2. The molecule has 3 N–H and O–H groups in total. The second-order valence-corrected chi connectivity index (χ2v) is 3.83. The third-order valence-electron chi connectivity index (χ3n) is 2.78. The van der Waals surface area contributed by atoms with Gasteiger partial charge in [0.15, 0.2) is 0 Å². The zero-order valence-corrected chi connectivity index (χ0v) is 8.09. The lowest BCUT2D eigenvalue weighted by molar-refractivity contribution is 0.123. The standard InChI is InChI=1S/C11H15FN2/c12-11(6-3-7-14-8-11)9-4-1-2-5-10(9)13/h1-2,4-5,14H,3,6-8,13H2. The van der Waals surface area contributed by atoms with Crippen LogP contribution in [-0.4, -0.2) is 13.1 Å². The van der Waals surface area contributed by atoms with E-state index in [1.807, 2.05) is 12.1 Å². The van der Waals surface area contributed by atoms with E-state index in [2.05, 4.69) is 5.32 Å². The first-order valence-electron chi connectivity index (χ1n) is 4.97. The average Bonchev–Trinajstić information content (AvgIpc) is 2.19. The lowest BCUT2D eigenvalue weighted by atomic mass is 9.87. The van der Waals surface area contributed by atoms with Crippen molar-refractivity contribution in [3.05, 3.63) is 29.8 Å². The number of hydrogen-bond donors (Lipinski definition) is 2. The zero-order chi connectivity index (χ0) is 10.0. The Labute approximate surface area is 83.3 Å². The van der Waals surface area contributed by atoms with E-state index in [1.165, 1.54) is 0 Å². The lowest BCUT2D eigenvalue weighted by Crippen LogP contribution is -2.40. The average molecular weight is 194 g/mol. The molecule has 14 heavy (non-hydrogen) atoms. The van der Waals surface area contributed by atoms with Crippen molar-refractivity contribution in [3.63, 3.8) is 0 Å². The molecule has 0 radical (unpaired) electrons. The van der Waals surface area contributed by atoms with Gasteiger partial charge in [0.1, 0.15) is 5.67 Å². The number of hydrogen-bond acceptors (Lipinski definition) is 2. The number of para-hydroxylation sites is 1. The van der Waals surface area contributed by atoms with Crippen molar-refractivity contribution in [3.8, 4) is 0 Å². The maximum atomic E-state index is 14.4. The Morgan fingerprint density at radius 3 is 2.79 bits per heavy atom. The largest absolute Gasteiger partial charge is 0.398 e. The monoisotopic (exact) mass is 194 g/mol. The fourth-order valence-electron chi connectivity index (χ4n) is 2.00. The second kappa shape index (κ2) is 3.58. The van der Waals surface area contributed by atoms with Gasteiger partial charge in [-0.15, -0.1) is 0 Å². The highest BCUT2D eigenvalue weighted by Gasteiger charge is 2.34. The van der Waals surface area contributed by atoms with Crippen LogP contribution in [0, 0.1) is 0 Å². The van der Waals surface area contributed by atoms with Gasteiger partial charge in [0.2, 0.25) is 0 Å². The van der Waals surface area contributed by atoms with Crippen LogP contribution >= 0.6 is 0 Å². The van der Waals surface area contributed by atoms with Crippen LogP contribution in [0.1, 0.15) is 18.4 Å². The van der Waals surface area contributed by atoms with E-state index in [4.69, 9.17) is 5.73 Å². The minimum atomic E-state index is -1.27. The molecule has 0 spiro atoms. The first-order chi connectivity index (χ1) is 6.72. The van der Waals surface area contributed by atoms with Crippen LogP contribution < -0.4 is 11.1 Å². The van der Waals surface area contributed by atoms with E-state index in [1.54, 1.807) is 12.1 Å². The smallest absolute Gasteiger partial charge is 0.150 e. The molecule has 2 rings (SSSR count). The molecule has 2 nitrogen and oxygen atoms in total. The number of nitrogens with two attached hydrogens (primary N) is 1. The van der Waals surface area contributed by atoms with E-state index in [0.717, 1.165) is 13.0 Å². The molecule has 3 heteroatoms. The Morgan fingerprint density at radius 2 is 2.14 bits per heavy atom. The predicted molar refractivity (Wildman–Crippen MR) is 55.7 cm³/mol. The number of alkyl halides is 1. The molecule has 1 aromatic carbocycles. The van der Waals surface area contributed by atoms with Crippen molar-refractivity contribution in [1.82, 2.24) is 5.32 Å². The first-order valence-corrected chi connectivity index (χ1v) is 4.97. The van der Waals surface area contributed by atoms with Gasteiger partial charge in [-0.1, -0.05) is 18.2 Å². The van der Waals surface area contributed by atoms with Crippen molar-refractivity contribution in [2.45, 2.75) is 18.5 Å². The van der Waals surface area contributed by atoms with Crippen LogP contribution in [0.25, 0.3) is 0 Å². The summed E-state index contributed by atoms with van der Waals surface area (Å²) in [6, 6.07) is 7.20. The molecule has 1 saturated heterocycles. The molecule has 0 amide bonds. The molecule has 1 fully saturated rings. The fraction of sp³-hybridized carbons (Fsp3) is 0.455. The van der Waals surface area contributed by atoms with Crippen molar-refractivity contribution >= 4 is 5.69 Å². The number of anilines is 1. The number of nitrogen functional groups attached to an aromatic ring is 1. The summed E-state index contributed by atoms with van der Waals surface area (Å²) in [6.07, 6.45) is 1.43. The van der Waals surface area contributed by atoms with Gasteiger partial charge in [-0.05, 0) is 25.5 Å². The summed E-state index contributed by atoms with van der Waals surface area (Å²) in [6.45, 7) is 1.28. The molecule has 0 bridgehead atoms. The van der Waals surface area contributed by atoms with Crippen LogP contribution in [0.15, 0.2) is 24.3 Å². The normalized spacial score (nSPS) is 27.5.